The van der Waals surface area contributed by atoms with E-state index in [1.807, 2.05) is 4.90 Å². The van der Waals surface area contributed by atoms with Gasteiger partial charge >= 0.3 is 0 Å². The van der Waals surface area contributed by atoms with Crippen LogP contribution in [0.4, 0.5) is 0 Å². The number of nitrogens with zero attached hydrogens (tertiary/aromatic N) is 1. The van der Waals surface area contributed by atoms with Gasteiger partial charge in [-0.05, 0) is 31.1 Å². The molecule has 1 aliphatic heterocycles. The van der Waals surface area contributed by atoms with Gasteiger partial charge < -0.3 is 10.0 Å². The summed E-state index contributed by atoms with van der Waals surface area (Å²) >= 11 is 0. The lowest BCUT2D eigenvalue weighted by atomic mass is 9.78. The van der Waals surface area contributed by atoms with E-state index in [1.54, 1.807) is 0 Å². The Morgan fingerprint density at radius 1 is 1.31 bits per heavy atom. The zero-order valence-electron chi connectivity index (χ0n) is 7.91. The minimum Gasteiger partial charge on any atom is -0.387 e. The molecule has 2 unspecified atom stereocenters. The Balaban J connectivity index is 1.97. The maximum absolute atomic E-state index is 11.3. The van der Waals surface area contributed by atoms with E-state index in [-0.39, 0.29) is 12.5 Å². The summed E-state index contributed by atoms with van der Waals surface area (Å²) in [6, 6.07) is 0. The molecule has 2 fully saturated rings. The Hall–Kier alpha value is -0.570. The van der Waals surface area contributed by atoms with Crippen molar-refractivity contribution in [3.05, 3.63) is 0 Å². The number of aliphatic hydroxyl groups is 1. The first-order valence-corrected chi connectivity index (χ1v) is 5.18. The molecular weight excluding hydrogens is 166 g/mol. The quantitative estimate of drug-likeness (QED) is 0.647. The van der Waals surface area contributed by atoms with Crippen molar-refractivity contribution in [2.24, 2.45) is 11.8 Å². The van der Waals surface area contributed by atoms with Crippen LogP contribution in [0.3, 0.4) is 0 Å². The average molecular weight is 183 g/mol. The Morgan fingerprint density at radius 3 is 2.46 bits per heavy atom. The summed E-state index contributed by atoms with van der Waals surface area (Å²) in [6.07, 6.45) is 5.17. The normalized spacial score (nSPS) is 33.2. The molecule has 1 aliphatic carbocycles. The Bertz CT molecular complexity index is 193. The molecule has 13 heavy (non-hydrogen) atoms. The summed E-state index contributed by atoms with van der Waals surface area (Å²) in [5, 5.41) is 8.76. The summed E-state index contributed by atoms with van der Waals surface area (Å²) in [5.41, 5.74) is 0. The van der Waals surface area contributed by atoms with Crippen molar-refractivity contribution in [1.29, 1.82) is 0 Å². The van der Waals surface area contributed by atoms with Gasteiger partial charge in [-0.1, -0.05) is 6.42 Å². The van der Waals surface area contributed by atoms with Crippen molar-refractivity contribution in [3.63, 3.8) is 0 Å². The lowest BCUT2D eigenvalue weighted by molar-refractivity contribution is -0.137. The van der Waals surface area contributed by atoms with Gasteiger partial charge in [0.25, 0.3) is 0 Å². The molecule has 0 aromatic heterocycles. The maximum atomic E-state index is 11.3. The molecule has 0 aromatic rings. The molecule has 3 heteroatoms. The van der Waals surface area contributed by atoms with Crippen LogP contribution in [0, 0.1) is 11.8 Å². The van der Waals surface area contributed by atoms with Crippen LogP contribution in [0.15, 0.2) is 0 Å². The van der Waals surface area contributed by atoms with Crippen molar-refractivity contribution in [3.8, 4) is 0 Å². The van der Waals surface area contributed by atoms with E-state index < -0.39 is 0 Å². The van der Waals surface area contributed by atoms with Crippen molar-refractivity contribution < 1.29 is 9.90 Å². The SMILES string of the molecule is O=C(CO)N1CC2CCCC(C2)C1. The fourth-order valence-electron chi connectivity index (χ4n) is 2.74. The van der Waals surface area contributed by atoms with E-state index in [4.69, 9.17) is 5.11 Å². The monoisotopic (exact) mass is 183 g/mol. The molecule has 2 rings (SSSR count). The first kappa shape index (κ1) is 9.00. The van der Waals surface area contributed by atoms with Gasteiger partial charge in [0, 0.05) is 13.1 Å². The van der Waals surface area contributed by atoms with Gasteiger partial charge in [-0.2, -0.15) is 0 Å². The summed E-state index contributed by atoms with van der Waals surface area (Å²) in [4.78, 5) is 13.1. The minimum atomic E-state index is -0.320. The van der Waals surface area contributed by atoms with E-state index in [9.17, 15) is 4.79 Å². The van der Waals surface area contributed by atoms with Crippen molar-refractivity contribution >= 4 is 5.91 Å². The predicted octanol–water partition coefficient (Wildman–Crippen LogP) is 0.627. The second-order valence-corrected chi connectivity index (χ2v) is 4.36. The molecule has 2 atom stereocenters. The van der Waals surface area contributed by atoms with Crippen LogP contribution in [0.2, 0.25) is 0 Å². The second-order valence-electron chi connectivity index (χ2n) is 4.36. The lowest BCUT2D eigenvalue weighted by Gasteiger charge is -2.41. The van der Waals surface area contributed by atoms with E-state index in [0.29, 0.717) is 11.8 Å². The third kappa shape index (κ3) is 1.85. The highest BCUT2D eigenvalue weighted by Gasteiger charge is 2.32. The van der Waals surface area contributed by atoms with Gasteiger partial charge in [-0.3, -0.25) is 4.79 Å². The molecule has 1 N–H and O–H groups in total. The predicted molar refractivity (Wildman–Crippen MR) is 49.1 cm³/mol. The van der Waals surface area contributed by atoms with Crippen molar-refractivity contribution in [2.45, 2.75) is 25.7 Å². The summed E-state index contributed by atoms with van der Waals surface area (Å²) in [6.45, 7) is 1.45. The van der Waals surface area contributed by atoms with Crippen LogP contribution in [-0.2, 0) is 4.79 Å². The van der Waals surface area contributed by atoms with Crippen molar-refractivity contribution in [2.75, 3.05) is 19.7 Å². The molecular formula is C10H17NO2. The summed E-state index contributed by atoms with van der Waals surface area (Å²) in [5.74, 6) is 1.34. The van der Waals surface area contributed by atoms with Crippen LogP contribution in [0.25, 0.3) is 0 Å². The van der Waals surface area contributed by atoms with Gasteiger partial charge in [0.05, 0.1) is 0 Å². The Labute approximate surface area is 78.7 Å². The molecule has 2 aliphatic rings. The molecule has 1 saturated carbocycles. The number of carbonyl (C=O) groups excluding carboxylic acids is 1. The molecule has 3 nitrogen and oxygen atoms in total. The van der Waals surface area contributed by atoms with E-state index >= 15 is 0 Å². The van der Waals surface area contributed by atoms with Gasteiger partial charge in [0.1, 0.15) is 6.61 Å². The van der Waals surface area contributed by atoms with Crippen LogP contribution in [0.5, 0.6) is 0 Å². The number of rotatable bonds is 1. The number of amides is 1. The first-order valence-electron chi connectivity index (χ1n) is 5.18. The van der Waals surface area contributed by atoms with Gasteiger partial charge in [0.2, 0.25) is 5.91 Å². The number of piperidine rings is 1. The third-order valence-corrected chi connectivity index (χ3v) is 3.34. The number of aliphatic hydroxyl groups excluding tert-OH is 1. The minimum absolute atomic E-state index is 0.0865. The number of hydrogen-bond donors (Lipinski definition) is 1. The van der Waals surface area contributed by atoms with Crippen LogP contribution < -0.4 is 0 Å². The maximum Gasteiger partial charge on any atom is 0.248 e. The highest BCUT2D eigenvalue weighted by atomic mass is 16.3. The summed E-state index contributed by atoms with van der Waals surface area (Å²) in [7, 11) is 0. The highest BCUT2D eigenvalue weighted by Crippen LogP contribution is 2.34. The Kier molecular flexibility index (Phi) is 2.54. The molecule has 0 spiro atoms. The number of fused-ring (bicyclic) bond motifs is 2. The number of hydrogen-bond acceptors (Lipinski definition) is 2. The first-order chi connectivity index (χ1) is 6.29. The van der Waals surface area contributed by atoms with Crippen LogP contribution in [0.1, 0.15) is 25.7 Å². The largest absolute Gasteiger partial charge is 0.387 e. The fraction of sp³-hybridized carbons (Fsp3) is 0.900. The molecule has 1 amide bonds. The smallest absolute Gasteiger partial charge is 0.248 e. The molecule has 2 bridgehead atoms. The topological polar surface area (TPSA) is 40.5 Å². The number of likely N-dealkylation sites (tertiary alicyclic amines) is 1. The van der Waals surface area contributed by atoms with Crippen LogP contribution >= 0.6 is 0 Å². The van der Waals surface area contributed by atoms with E-state index in [1.165, 1.54) is 25.7 Å². The highest BCUT2D eigenvalue weighted by molar-refractivity contribution is 5.77. The fourth-order valence-corrected chi connectivity index (χ4v) is 2.74. The van der Waals surface area contributed by atoms with E-state index in [0.717, 1.165) is 13.1 Å². The Morgan fingerprint density at radius 2 is 1.92 bits per heavy atom. The van der Waals surface area contributed by atoms with Gasteiger partial charge in [0.15, 0.2) is 0 Å². The van der Waals surface area contributed by atoms with Gasteiger partial charge in [-0.15, -0.1) is 0 Å². The summed E-state index contributed by atoms with van der Waals surface area (Å²) < 4.78 is 0. The average Bonchev–Trinajstić information content (AvgIpc) is 2.16. The lowest BCUT2D eigenvalue weighted by Crippen LogP contribution is -2.46. The number of carbonyl (C=O) groups is 1. The molecule has 0 aromatic carbocycles. The second kappa shape index (κ2) is 3.66. The molecule has 74 valence electrons. The van der Waals surface area contributed by atoms with Crippen molar-refractivity contribution in [1.82, 2.24) is 4.90 Å². The zero-order chi connectivity index (χ0) is 9.26. The molecule has 0 radical (unpaired) electrons. The van der Waals surface area contributed by atoms with Gasteiger partial charge in [-0.25, -0.2) is 0 Å². The van der Waals surface area contributed by atoms with E-state index in [2.05, 4.69) is 0 Å². The molecule has 1 saturated heterocycles. The third-order valence-electron chi connectivity index (χ3n) is 3.34. The standard InChI is InChI=1S/C10H17NO2/c12-7-10(13)11-5-8-2-1-3-9(4-8)6-11/h8-9,12H,1-7H2. The molecule has 1 heterocycles. The zero-order valence-corrected chi connectivity index (χ0v) is 7.91. The van der Waals surface area contributed by atoms with Crippen LogP contribution in [-0.4, -0.2) is 35.6 Å².